The molecule has 0 fully saturated rings. The lowest BCUT2D eigenvalue weighted by Crippen LogP contribution is -2.05. The molecule has 2 N–H and O–H groups in total. The fourth-order valence-electron chi connectivity index (χ4n) is 2.73. The number of benzene rings is 3. The van der Waals surface area contributed by atoms with Crippen LogP contribution < -0.4 is 0 Å². The van der Waals surface area contributed by atoms with Gasteiger partial charge in [0.1, 0.15) is 0 Å². The lowest BCUT2D eigenvalue weighted by molar-refractivity contribution is 0.100. The fourth-order valence-corrected chi connectivity index (χ4v) is 2.73. The van der Waals surface area contributed by atoms with Crippen LogP contribution >= 0.6 is 0 Å². The van der Waals surface area contributed by atoms with E-state index in [2.05, 4.69) is 29.3 Å². The van der Waals surface area contributed by atoms with Crippen LogP contribution in [0.3, 0.4) is 0 Å². The van der Waals surface area contributed by atoms with Crippen LogP contribution in [0.2, 0.25) is 0 Å². The van der Waals surface area contributed by atoms with Crippen molar-refractivity contribution < 1.29 is 22.3 Å². The SMILES string of the molecule is O=C1CC=Nc2ccc3cc4ccccc4cc3c21.O=S(=O)(O)O. The van der Waals surface area contributed by atoms with Gasteiger partial charge in [0.2, 0.25) is 0 Å². The van der Waals surface area contributed by atoms with Gasteiger partial charge in [0.05, 0.1) is 11.3 Å². The lowest BCUT2D eigenvalue weighted by Gasteiger charge is -2.12. The maximum Gasteiger partial charge on any atom is 0.394 e. The molecular weight excluding hydrogens is 330 g/mol. The molecule has 0 unspecified atom stereocenters. The molecule has 0 amide bonds. The number of hydrogen-bond acceptors (Lipinski definition) is 4. The second kappa shape index (κ2) is 6.12. The number of Topliss-reactive ketones (excluding diaryl/α,β-unsaturated/α-hetero) is 1. The Morgan fingerprint density at radius 1 is 0.917 bits per heavy atom. The van der Waals surface area contributed by atoms with Crippen LogP contribution in [0.4, 0.5) is 5.69 Å². The minimum atomic E-state index is -4.67. The van der Waals surface area contributed by atoms with E-state index in [9.17, 15) is 4.79 Å². The van der Waals surface area contributed by atoms with Gasteiger partial charge in [-0.3, -0.25) is 18.9 Å². The summed E-state index contributed by atoms with van der Waals surface area (Å²) in [6.07, 6.45) is 2.09. The van der Waals surface area contributed by atoms with Gasteiger partial charge in [-0.25, -0.2) is 0 Å². The molecular formula is C17H13NO5S. The van der Waals surface area contributed by atoms with Gasteiger partial charge in [0.15, 0.2) is 5.78 Å². The standard InChI is InChI=1S/C17H11NO.H2O4S/c19-16-7-8-18-15-6-5-13-9-11-3-1-2-4-12(11)10-14(13)17(15)16;1-5(2,3)4/h1-6,8-10H,7H2;(H2,1,2,3,4). The molecule has 3 aromatic carbocycles. The molecule has 3 aromatic rings. The Kier molecular flexibility index (Phi) is 4.15. The minimum absolute atomic E-state index is 0.158. The van der Waals surface area contributed by atoms with Gasteiger partial charge in [0.25, 0.3) is 0 Å². The Balaban J connectivity index is 0.000000300. The van der Waals surface area contributed by atoms with Crippen LogP contribution in [-0.4, -0.2) is 29.5 Å². The number of carbonyl (C=O) groups excluding carboxylic acids is 1. The zero-order valence-corrected chi connectivity index (χ0v) is 13.2. The van der Waals surface area contributed by atoms with E-state index in [0.717, 1.165) is 27.4 Å². The Morgan fingerprint density at radius 2 is 1.54 bits per heavy atom. The second-order valence-electron chi connectivity index (χ2n) is 5.27. The van der Waals surface area contributed by atoms with Crippen molar-refractivity contribution in [2.24, 2.45) is 4.99 Å². The highest BCUT2D eigenvalue weighted by atomic mass is 32.3. The third-order valence-corrected chi connectivity index (χ3v) is 3.65. The van der Waals surface area contributed by atoms with Crippen LogP contribution in [0, 0.1) is 0 Å². The molecule has 0 aliphatic carbocycles. The van der Waals surface area contributed by atoms with Crippen molar-refractivity contribution in [1.29, 1.82) is 0 Å². The van der Waals surface area contributed by atoms with Crippen LogP contribution in [-0.2, 0) is 10.4 Å². The first-order valence-corrected chi connectivity index (χ1v) is 8.44. The maximum atomic E-state index is 12.1. The summed E-state index contributed by atoms with van der Waals surface area (Å²) < 4.78 is 31.6. The third kappa shape index (κ3) is 3.48. The second-order valence-corrected chi connectivity index (χ2v) is 6.16. The smallest absolute Gasteiger partial charge is 0.294 e. The Labute approximate surface area is 138 Å². The maximum absolute atomic E-state index is 12.1. The van der Waals surface area contributed by atoms with Crippen molar-refractivity contribution >= 4 is 49.6 Å². The van der Waals surface area contributed by atoms with Gasteiger partial charge in [-0.2, -0.15) is 8.42 Å². The molecule has 122 valence electrons. The fraction of sp³-hybridized carbons (Fsp3) is 0.0588. The lowest BCUT2D eigenvalue weighted by atomic mass is 9.94. The first-order valence-electron chi connectivity index (χ1n) is 7.04. The highest BCUT2D eigenvalue weighted by Gasteiger charge is 2.17. The summed E-state index contributed by atoms with van der Waals surface area (Å²) in [6.45, 7) is 0. The van der Waals surface area contributed by atoms with Crippen molar-refractivity contribution in [3.8, 4) is 0 Å². The number of ketones is 1. The van der Waals surface area contributed by atoms with E-state index in [1.165, 1.54) is 5.39 Å². The summed E-state index contributed by atoms with van der Waals surface area (Å²) in [5.74, 6) is 0.158. The molecule has 0 atom stereocenters. The van der Waals surface area contributed by atoms with E-state index in [0.29, 0.717) is 6.42 Å². The van der Waals surface area contributed by atoms with E-state index in [1.54, 1.807) is 6.21 Å². The number of fused-ring (bicyclic) bond motifs is 4. The van der Waals surface area contributed by atoms with Gasteiger partial charge >= 0.3 is 10.4 Å². The molecule has 1 heterocycles. The normalized spacial score (nSPS) is 13.5. The predicted molar refractivity (Wildman–Crippen MR) is 92.7 cm³/mol. The van der Waals surface area contributed by atoms with Gasteiger partial charge in [-0.15, -0.1) is 0 Å². The summed E-state index contributed by atoms with van der Waals surface area (Å²) in [5, 5.41) is 4.47. The molecule has 0 radical (unpaired) electrons. The number of nitrogens with zero attached hydrogens (tertiary/aromatic N) is 1. The molecule has 1 aliphatic heterocycles. The highest BCUT2D eigenvalue weighted by molar-refractivity contribution is 7.79. The van der Waals surface area contributed by atoms with Gasteiger partial charge in [-0.05, 0) is 39.7 Å². The summed E-state index contributed by atoms with van der Waals surface area (Å²) in [5.41, 5.74) is 1.56. The molecule has 0 saturated carbocycles. The Morgan fingerprint density at radius 3 is 2.21 bits per heavy atom. The van der Waals surface area contributed by atoms with Crippen molar-refractivity contribution in [3.63, 3.8) is 0 Å². The van der Waals surface area contributed by atoms with E-state index < -0.39 is 10.4 Å². The highest BCUT2D eigenvalue weighted by Crippen LogP contribution is 2.33. The molecule has 0 saturated heterocycles. The van der Waals surface area contributed by atoms with E-state index in [1.807, 2.05) is 24.3 Å². The first kappa shape index (κ1) is 16.3. The average molecular weight is 343 g/mol. The summed E-state index contributed by atoms with van der Waals surface area (Å²) in [7, 11) is -4.67. The van der Waals surface area contributed by atoms with Crippen molar-refractivity contribution in [2.45, 2.75) is 6.42 Å². The van der Waals surface area contributed by atoms with Crippen LogP contribution in [0.5, 0.6) is 0 Å². The summed E-state index contributed by atoms with van der Waals surface area (Å²) in [4.78, 5) is 16.5. The Hall–Kier alpha value is -2.61. The van der Waals surface area contributed by atoms with Crippen LogP contribution in [0.15, 0.2) is 53.5 Å². The molecule has 7 heteroatoms. The predicted octanol–water partition coefficient (Wildman–Crippen LogP) is 3.63. The van der Waals surface area contributed by atoms with E-state index in [4.69, 9.17) is 17.5 Å². The van der Waals surface area contributed by atoms with Crippen molar-refractivity contribution in [2.75, 3.05) is 0 Å². The van der Waals surface area contributed by atoms with Crippen LogP contribution in [0.1, 0.15) is 16.8 Å². The molecule has 0 aromatic heterocycles. The largest absolute Gasteiger partial charge is 0.394 e. The summed E-state index contributed by atoms with van der Waals surface area (Å²) >= 11 is 0. The average Bonchev–Trinajstić information content (AvgIpc) is 2.51. The number of aliphatic imine (C=N–C) groups is 1. The number of hydrogen-bond donors (Lipinski definition) is 2. The zero-order chi connectivity index (χ0) is 17.3. The van der Waals surface area contributed by atoms with Crippen LogP contribution in [0.25, 0.3) is 21.5 Å². The van der Waals surface area contributed by atoms with Gasteiger partial charge in [-0.1, -0.05) is 30.3 Å². The minimum Gasteiger partial charge on any atom is -0.294 e. The number of rotatable bonds is 0. The molecule has 4 rings (SSSR count). The Bertz CT molecular complexity index is 1080. The molecule has 1 aliphatic rings. The molecule has 0 bridgehead atoms. The summed E-state index contributed by atoms with van der Waals surface area (Å²) in [6, 6.07) is 16.4. The molecule has 0 spiro atoms. The third-order valence-electron chi connectivity index (χ3n) is 3.65. The topological polar surface area (TPSA) is 104 Å². The molecule has 6 nitrogen and oxygen atoms in total. The number of carbonyl (C=O) groups is 1. The quantitative estimate of drug-likeness (QED) is 0.479. The van der Waals surface area contributed by atoms with Crippen molar-refractivity contribution in [1.82, 2.24) is 0 Å². The van der Waals surface area contributed by atoms with Crippen molar-refractivity contribution in [3.05, 3.63) is 54.1 Å². The monoisotopic (exact) mass is 343 g/mol. The first-order chi connectivity index (χ1) is 11.3. The van der Waals surface area contributed by atoms with Gasteiger partial charge in [0, 0.05) is 12.6 Å². The molecule has 24 heavy (non-hydrogen) atoms. The van der Waals surface area contributed by atoms with Gasteiger partial charge < -0.3 is 0 Å². The van der Waals surface area contributed by atoms with E-state index >= 15 is 0 Å². The van der Waals surface area contributed by atoms with E-state index in [-0.39, 0.29) is 5.78 Å². The zero-order valence-electron chi connectivity index (χ0n) is 12.4.